The summed E-state index contributed by atoms with van der Waals surface area (Å²) in [5.41, 5.74) is 1.54. The molecule has 2 amide bonds. The van der Waals surface area contributed by atoms with Gasteiger partial charge in [0.05, 0.1) is 25.6 Å². The molecule has 0 fully saturated rings. The molecule has 0 aliphatic rings. The molecular weight excluding hydrogens is 332 g/mol. The minimum absolute atomic E-state index is 0.0698. The van der Waals surface area contributed by atoms with Gasteiger partial charge in [-0.3, -0.25) is 9.59 Å². The zero-order chi connectivity index (χ0) is 18.9. The van der Waals surface area contributed by atoms with Crippen LogP contribution in [0.2, 0.25) is 0 Å². The molecule has 0 aromatic heterocycles. The minimum atomic E-state index is -0.304. The Hall–Kier alpha value is -3.02. The van der Waals surface area contributed by atoms with Crippen molar-refractivity contribution in [3.63, 3.8) is 0 Å². The second-order valence-corrected chi connectivity index (χ2v) is 5.72. The number of ether oxygens (including phenoxy) is 2. The second kappa shape index (κ2) is 9.46. The average molecular weight is 356 g/mol. The third-order valence-electron chi connectivity index (χ3n) is 3.85. The number of hydrogen-bond acceptors (Lipinski definition) is 4. The van der Waals surface area contributed by atoms with Crippen molar-refractivity contribution in [3.8, 4) is 11.5 Å². The zero-order valence-electron chi connectivity index (χ0n) is 15.3. The van der Waals surface area contributed by atoms with Gasteiger partial charge in [-0.2, -0.15) is 0 Å². The quantitative estimate of drug-likeness (QED) is 0.747. The first kappa shape index (κ1) is 19.3. The Balaban J connectivity index is 2.15. The van der Waals surface area contributed by atoms with Crippen molar-refractivity contribution in [3.05, 3.63) is 48.0 Å². The fourth-order valence-corrected chi connectivity index (χ4v) is 2.42. The number of methoxy groups -OCH3 is 2. The van der Waals surface area contributed by atoms with Crippen molar-refractivity contribution < 1.29 is 19.1 Å². The maximum Gasteiger partial charge on any atom is 0.255 e. The predicted octanol–water partition coefficient (Wildman–Crippen LogP) is 4.08. The van der Waals surface area contributed by atoms with Crippen LogP contribution in [0.1, 0.15) is 36.5 Å². The third kappa shape index (κ3) is 4.99. The smallest absolute Gasteiger partial charge is 0.255 e. The van der Waals surface area contributed by atoms with Crippen LogP contribution in [0.15, 0.2) is 42.5 Å². The molecule has 2 aromatic carbocycles. The predicted molar refractivity (Wildman–Crippen MR) is 102 cm³/mol. The highest BCUT2D eigenvalue weighted by Gasteiger charge is 2.13. The van der Waals surface area contributed by atoms with E-state index in [0.717, 1.165) is 12.8 Å². The number of carbonyl (C=O) groups is 2. The van der Waals surface area contributed by atoms with Crippen LogP contribution in [-0.2, 0) is 4.79 Å². The van der Waals surface area contributed by atoms with Gasteiger partial charge in [0, 0.05) is 12.0 Å². The van der Waals surface area contributed by atoms with Gasteiger partial charge in [0.1, 0.15) is 0 Å². The highest BCUT2D eigenvalue weighted by atomic mass is 16.5. The first-order chi connectivity index (χ1) is 12.6. The monoisotopic (exact) mass is 356 g/mol. The summed E-state index contributed by atoms with van der Waals surface area (Å²) >= 11 is 0. The lowest BCUT2D eigenvalue weighted by Gasteiger charge is -2.13. The third-order valence-corrected chi connectivity index (χ3v) is 3.85. The number of anilines is 2. The highest BCUT2D eigenvalue weighted by molar-refractivity contribution is 6.07. The van der Waals surface area contributed by atoms with E-state index < -0.39 is 0 Å². The molecule has 6 nitrogen and oxygen atoms in total. The number of unbranched alkanes of at least 4 members (excludes halogenated alkanes) is 1. The maximum atomic E-state index is 12.6. The van der Waals surface area contributed by atoms with E-state index >= 15 is 0 Å². The molecule has 0 heterocycles. The number of carbonyl (C=O) groups excluding carboxylic acids is 2. The topological polar surface area (TPSA) is 76.7 Å². The average Bonchev–Trinajstić information content (AvgIpc) is 2.67. The SMILES string of the molecule is CCCCC(=O)Nc1ccccc1NC(=O)c1ccc(OC)c(OC)c1. The number of para-hydroxylation sites is 2. The minimum Gasteiger partial charge on any atom is -0.493 e. The molecular formula is C20H24N2O4. The fraction of sp³-hybridized carbons (Fsp3) is 0.300. The van der Waals surface area contributed by atoms with E-state index in [2.05, 4.69) is 10.6 Å². The summed E-state index contributed by atoms with van der Waals surface area (Å²) in [6.45, 7) is 2.03. The van der Waals surface area contributed by atoms with Crippen molar-refractivity contribution in [1.82, 2.24) is 0 Å². The maximum absolute atomic E-state index is 12.6. The summed E-state index contributed by atoms with van der Waals surface area (Å²) in [5, 5.41) is 5.67. The van der Waals surface area contributed by atoms with Crippen molar-refractivity contribution in [2.45, 2.75) is 26.2 Å². The standard InChI is InChI=1S/C20H24N2O4/c1-4-5-10-19(23)21-15-8-6-7-9-16(15)22-20(24)14-11-12-17(25-2)18(13-14)26-3/h6-9,11-13H,4-5,10H2,1-3H3,(H,21,23)(H,22,24). The van der Waals surface area contributed by atoms with Crippen molar-refractivity contribution in [2.24, 2.45) is 0 Å². The molecule has 0 aliphatic carbocycles. The van der Waals surface area contributed by atoms with Crippen LogP contribution in [0, 0.1) is 0 Å². The Morgan fingerprint density at radius 2 is 1.58 bits per heavy atom. The summed E-state index contributed by atoms with van der Waals surface area (Å²) < 4.78 is 10.4. The van der Waals surface area contributed by atoms with Gasteiger partial charge in [-0.1, -0.05) is 25.5 Å². The van der Waals surface area contributed by atoms with Gasteiger partial charge in [-0.05, 0) is 36.8 Å². The number of rotatable bonds is 8. The lowest BCUT2D eigenvalue weighted by Crippen LogP contribution is -2.16. The normalized spacial score (nSPS) is 10.1. The van der Waals surface area contributed by atoms with Gasteiger partial charge < -0.3 is 20.1 Å². The van der Waals surface area contributed by atoms with E-state index in [0.29, 0.717) is 34.9 Å². The van der Waals surface area contributed by atoms with E-state index in [1.807, 2.05) is 13.0 Å². The summed E-state index contributed by atoms with van der Waals surface area (Å²) in [6, 6.07) is 12.0. The number of amides is 2. The van der Waals surface area contributed by atoms with Gasteiger partial charge in [0.15, 0.2) is 11.5 Å². The molecule has 0 bridgehead atoms. The Morgan fingerprint density at radius 1 is 0.923 bits per heavy atom. The molecule has 0 saturated heterocycles. The largest absolute Gasteiger partial charge is 0.493 e. The summed E-state index contributed by atoms with van der Waals surface area (Å²) in [5.74, 6) is 0.648. The van der Waals surface area contributed by atoms with Crippen LogP contribution in [0.5, 0.6) is 11.5 Å². The Bertz CT molecular complexity index is 774. The lowest BCUT2D eigenvalue weighted by atomic mass is 10.1. The fourth-order valence-electron chi connectivity index (χ4n) is 2.42. The lowest BCUT2D eigenvalue weighted by molar-refractivity contribution is -0.116. The molecule has 26 heavy (non-hydrogen) atoms. The molecule has 2 rings (SSSR count). The van der Waals surface area contributed by atoms with Crippen LogP contribution in [0.3, 0.4) is 0 Å². The molecule has 6 heteroatoms. The Morgan fingerprint density at radius 3 is 2.19 bits per heavy atom. The molecule has 0 radical (unpaired) electrons. The molecule has 2 aromatic rings. The Kier molecular flexibility index (Phi) is 7.02. The second-order valence-electron chi connectivity index (χ2n) is 5.72. The number of hydrogen-bond donors (Lipinski definition) is 2. The first-order valence-corrected chi connectivity index (χ1v) is 8.51. The van der Waals surface area contributed by atoms with E-state index in [1.165, 1.54) is 14.2 Å². The van der Waals surface area contributed by atoms with Crippen molar-refractivity contribution in [2.75, 3.05) is 24.9 Å². The molecule has 0 aliphatic heterocycles. The summed E-state index contributed by atoms with van der Waals surface area (Å²) in [4.78, 5) is 24.6. The van der Waals surface area contributed by atoms with E-state index in [9.17, 15) is 9.59 Å². The molecule has 138 valence electrons. The first-order valence-electron chi connectivity index (χ1n) is 8.51. The summed E-state index contributed by atoms with van der Waals surface area (Å²) in [7, 11) is 3.05. The van der Waals surface area contributed by atoms with Gasteiger partial charge in [-0.15, -0.1) is 0 Å². The van der Waals surface area contributed by atoms with Crippen LogP contribution in [-0.4, -0.2) is 26.0 Å². The van der Waals surface area contributed by atoms with Crippen LogP contribution < -0.4 is 20.1 Å². The van der Waals surface area contributed by atoms with Crippen molar-refractivity contribution in [1.29, 1.82) is 0 Å². The molecule has 0 atom stereocenters. The summed E-state index contributed by atoms with van der Waals surface area (Å²) in [6.07, 6.45) is 2.23. The van der Waals surface area contributed by atoms with Gasteiger partial charge in [0.2, 0.25) is 5.91 Å². The molecule has 0 spiro atoms. The van der Waals surface area contributed by atoms with Gasteiger partial charge in [0.25, 0.3) is 5.91 Å². The van der Waals surface area contributed by atoms with Crippen LogP contribution >= 0.6 is 0 Å². The zero-order valence-corrected chi connectivity index (χ0v) is 15.3. The number of benzene rings is 2. The van der Waals surface area contributed by atoms with Crippen LogP contribution in [0.4, 0.5) is 11.4 Å². The van der Waals surface area contributed by atoms with Gasteiger partial charge >= 0.3 is 0 Å². The highest BCUT2D eigenvalue weighted by Crippen LogP contribution is 2.28. The van der Waals surface area contributed by atoms with Crippen molar-refractivity contribution >= 4 is 23.2 Å². The van der Waals surface area contributed by atoms with Gasteiger partial charge in [-0.25, -0.2) is 0 Å². The van der Waals surface area contributed by atoms with E-state index in [4.69, 9.17) is 9.47 Å². The molecule has 0 saturated carbocycles. The van der Waals surface area contributed by atoms with E-state index in [-0.39, 0.29) is 11.8 Å². The molecule has 2 N–H and O–H groups in total. The Labute approximate surface area is 153 Å². The molecule has 0 unspecified atom stereocenters. The van der Waals surface area contributed by atoms with E-state index in [1.54, 1.807) is 36.4 Å². The number of nitrogens with one attached hydrogen (secondary N) is 2. The van der Waals surface area contributed by atoms with Crippen LogP contribution in [0.25, 0.3) is 0 Å².